The second-order valence-electron chi connectivity index (χ2n) is 12.4. The van der Waals surface area contributed by atoms with Gasteiger partial charge >= 0.3 is 0 Å². The predicted octanol–water partition coefficient (Wildman–Crippen LogP) is 9.92. The number of nitrogens with zero attached hydrogens (tertiary/aromatic N) is 3. The van der Waals surface area contributed by atoms with Crippen molar-refractivity contribution in [3.8, 4) is 0 Å². The number of aryl methyl sites for hydroxylation is 2. The molecule has 0 radical (unpaired) electrons. The Hall–Kier alpha value is -4.37. The summed E-state index contributed by atoms with van der Waals surface area (Å²) in [5, 5.41) is 0. The number of fused-ring (bicyclic) bond motifs is 4. The number of anilines is 6. The summed E-state index contributed by atoms with van der Waals surface area (Å²) >= 11 is 0. The van der Waals surface area contributed by atoms with Gasteiger partial charge in [0.25, 0.3) is 0 Å². The van der Waals surface area contributed by atoms with E-state index in [2.05, 4.69) is 148 Å². The topological polar surface area (TPSA) is 19.4 Å². The lowest BCUT2D eigenvalue weighted by molar-refractivity contribution is 0.580. The van der Waals surface area contributed by atoms with E-state index in [9.17, 15) is 0 Å². The van der Waals surface area contributed by atoms with Crippen LogP contribution in [-0.2, 0) is 10.8 Å². The van der Waals surface area contributed by atoms with Crippen LogP contribution in [0.1, 0.15) is 61.2 Å². The van der Waals surface area contributed by atoms with Crippen molar-refractivity contribution in [3.05, 3.63) is 137 Å². The van der Waals surface area contributed by atoms with Gasteiger partial charge in [0, 0.05) is 34.1 Å². The quantitative estimate of drug-likeness (QED) is 0.235. The Morgan fingerprint density at radius 1 is 0.575 bits per heavy atom. The van der Waals surface area contributed by atoms with Crippen LogP contribution in [0.3, 0.4) is 0 Å². The Kier molecular flexibility index (Phi) is 5.28. The first-order valence-electron chi connectivity index (χ1n) is 14.2. The first kappa shape index (κ1) is 24.7. The zero-order valence-electron chi connectivity index (χ0n) is 24.2. The molecule has 0 bridgehead atoms. The van der Waals surface area contributed by atoms with Crippen molar-refractivity contribution in [1.82, 2.24) is 4.98 Å². The maximum atomic E-state index is 5.06. The number of aromatic nitrogens is 1. The molecule has 5 aromatic rings. The predicted molar refractivity (Wildman–Crippen MR) is 167 cm³/mol. The third kappa shape index (κ3) is 3.47. The molecule has 0 amide bonds. The summed E-state index contributed by atoms with van der Waals surface area (Å²) in [6.07, 6.45) is 2.00. The maximum Gasteiger partial charge on any atom is 0.0747 e. The van der Waals surface area contributed by atoms with Crippen LogP contribution in [0.15, 0.2) is 103 Å². The molecule has 0 aliphatic carbocycles. The van der Waals surface area contributed by atoms with Gasteiger partial charge in [0.2, 0.25) is 0 Å². The summed E-state index contributed by atoms with van der Waals surface area (Å²) < 4.78 is 0. The van der Waals surface area contributed by atoms with Crippen molar-refractivity contribution in [1.29, 1.82) is 0 Å². The fraction of sp³-hybridized carbons (Fsp3) is 0.216. The average molecular weight is 522 g/mol. The van der Waals surface area contributed by atoms with Crippen molar-refractivity contribution < 1.29 is 0 Å². The van der Waals surface area contributed by atoms with Crippen molar-refractivity contribution >= 4 is 34.1 Å². The van der Waals surface area contributed by atoms with E-state index in [1.807, 2.05) is 6.20 Å². The highest BCUT2D eigenvalue weighted by molar-refractivity contribution is 5.93. The average Bonchev–Trinajstić information content (AvgIpc) is 2.95. The van der Waals surface area contributed by atoms with Crippen LogP contribution in [0.4, 0.5) is 34.1 Å². The second-order valence-corrected chi connectivity index (χ2v) is 12.4. The minimum absolute atomic E-state index is 0.110. The Labute approximate surface area is 237 Å². The number of para-hydroxylation sites is 1. The third-order valence-corrected chi connectivity index (χ3v) is 8.97. The third-order valence-electron chi connectivity index (χ3n) is 8.97. The highest BCUT2D eigenvalue weighted by Crippen LogP contribution is 2.59. The van der Waals surface area contributed by atoms with Crippen molar-refractivity contribution in [2.24, 2.45) is 0 Å². The number of pyridine rings is 1. The van der Waals surface area contributed by atoms with Crippen LogP contribution in [0.5, 0.6) is 0 Å². The molecule has 4 aromatic carbocycles. The molecule has 40 heavy (non-hydrogen) atoms. The summed E-state index contributed by atoms with van der Waals surface area (Å²) in [4.78, 5) is 9.88. The Morgan fingerprint density at radius 2 is 1.15 bits per heavy atom. The lowest BCUT2D eigenvalue weighted by Crippen LogP contribution is -2.38. The molecule has 3 nitrogen and oxygen atoms in total. The van der Waals surface area contributed by atoms with Gasteiger partial charge in [-0.05, 0) is 99.0 Å². The van der Waals surface area contributed by atoms with Crippen LogP contribution in [0.2, 0.25) is 0 Å². The summed E-state index contributed by atoms with van der Waals surface area (Å²) in [7, 11) is 0. The van der Waals surface area contributed by atoms with Gasteiger partial charge in [0.05, 0.1) is 22.8 Å². The fourth-order valence-corrected chi connectivity index (χ4v) is 6.68. The van der Waals surface area contributed by atoms with Gasteiger partial charge in [-0.15, -0.1) is 0 Å². The van der Waals surface area contributed by atoms with Crippen LogP contribution >= 0.6 is 0 Å². The number of hydrogen-bond donors (Lipinski definition) is 0. The monoisotopic (exact) mass is 521 g/mol. The van der Waals surface area contributed by atoms with Gasteiger partial charge in [0.1, 0.15) is 0 Å². The van der Waals surface area contributed by atoms with E-state index in [4.69, 9.17) is 4.98 Å². The maximum absolute atomic E-state index is 5.06. The van der Waals surface area contributed by atoms with Gasteiger partial charge in [-0.3, -0.25) is 4.98 Å². The lowest BCUT2D eigenvalue weighted by atomic mass is 9.68. The molecule has 0 N–H and O–H groups in total. The van der Waals surface area contributed by atoms with Crippen LogP contribution in [-0.4, -0.2) is 4.98 Å². The molecule has 0 atom stereocenters. The van der Waals surface area contributed by atoms with E-state index in [0.717, 1.165) is 22.8 Å². The van der Waals surface area contributed by atoms with E-state index in [1.54, 1.807) is 0 Å². The molecular weight excluding hydrogens is 486 g/mol. The van der Waals surface area contributed by atoms with E-state index in [-0.39, 0.29) is 10.8 Å². The number of benzene rings is 4. The Bertz CT molecular complexity index is 1720. The molecule has 2 aliphatic heterocycles. The largest absolute Gasteiger partial charge is 0.310 e. The molecule has 198 valence electrons. The highest BCUT2D eigenvalue weighted by atomic mass is 15.2. The Morgan fingerprint density at radius 3 is 1.80 bits per heavy atom. The molecule has 1 aromatic heterocycles. The molecule has 0 unspecified atom stereocenters. The van der Waals surface area contributed by atoms with Crippen molar-refractivity contribution in [3.63, 3.8) is 0 Å². The van der Waals surface area contributed by atoms with E-state index >= 15 is 0 Å². The van der Waals surface area contributed by atoms with E-state index in [1.165, 1.54) is 44.9 Å². The van der Waals surface area contributed by atoms with Gasteiger partial charge in [0.15, 0.2) is 0 Å². The summed E-state index contributed by atoms with van der Waals surface area (Å²) in [6, 6.07) is 35.7. The molecule has 0 spiro atoms. The highest BCUT2D eigenvalue weighted by Gasteiger charge is 2.46. The minimum atomic E-state index is -0.276. The van der Waals surface area contributed by atoms with Gasteiger partial charge in [-0.2, -0.15) is 0 Å². The SMILES string of the molecule is Cc1ccc(N(c2ccc(C)cc2)c2ccc3c(c2)C(C)(C)c2nccc4c2N3c2ccccc2C4(C)C)cc1. The number of hydrogen-bond acceptors (Lipinski definition) is 3. The minimum Gasteiger partial charge on any atom is -0.310 e. The lowest BCUT2D eigenvalue weighted by Gasteiger charge is -2.48. The zero-order valence-corrected chi connectivity index (χ0v) is 24.2. The molecule has 0 saturated carbocycles. The van der Waals surface area contributed by atoms with Crippen LogP contribution in [0.25, 0.3) is 0 Å². The summed E-state index contributed by atoms with van der Waals surface area (Å²) in [5.74, 6) is 0. The first-order chi connectivity index (χ1) is 19.2. The van der Waals surface area contributed by atoms with E-state index < -0.39 is 0 Å². The molecule has 7 rings (SSSR count). The van der Waals surface area contributed by atoms with Gasteiger partial charge < -0.3 is 9.80 Å². The van der Waals surface area contributed by atoms with Crippen LogP contribution in [0, 0.1) is 13.8 Å². The molecule has 0 fully saturated rings. The molecular formula is C37H35N3. The van der Waals surface area contributed by atoms with E-state index in [0.29, 0.717) is 0 Å². The molecule has 2 aliphatic rings. The fourth-order valence-electron chi connectivity index (χ4n) is 6.68. The summed E-state index contributed by atoms with van der Waals surface area (Å²) in [6.45, 7) is 13.6. The normalized spacial score (nSPS) is 15.6. The van der Waals surface area contributed by atoms with Crippen LogP contribution < -0.4 is 9.80 Å². The van der Waals surface area contributed by atoms with Crippen molar-refractivity contribution in [2.45, 2.75) is 52.4 Å². The first-order valence-corrected chi connectivity index (χ1v) is 14.2. The summed E-state index contributed by atoms with van der Waals surface area (Å²) in [5.41, 5.74) is 14.4. The Balaban J connectivity index is 1.47. The molecule has 3 heterocycles. The zero-order chi connectivity index (χ0) is 27.8. The second kappa shape index (κ2) is 8.56. The number of rotatable bonds is 3. The van der Waals surface area contributed by atoms with Gasteiger partial charge in [-0.1, -0.05) is 67.4 Å². The molecule has 3 heteroatoms. The van der Waals surface area contributed by atoms with Crippen molar-refractivity contribution in [2.75, 3.05) is 9.80 Å². The smallest absolute Gasteiger partial charge is 0.0747 e. The van der Waals surface area contributed by atoms with Gasteiger partial charge in [-0.25, -0.2) is 0 Å². The molecule has 0 saturated heterocycles. The standard InChI is InChI=1S/C37H35N3/c1-24-11-15-26(16-12-24)39(27-17-13-25(2)14-18-27)28-19-20-33-31(23-28)37(5,6)35-34-30(21-22-38-35)36(3,4)29-9-7-8-10-32(29)40(33)34/h7-23H,1-6H3.